The van der Waals surface area contributed by atoms with E-state index in [9.17, 15) is 9.18 Å². The van der Waals surface area contributed by atoms with Crippen LogP contribution in [0.2, 0.25) is 0 Å². The quantitative estimate of drug-likeness (QED) is 0.826. The Morgan fingerprint density at radius 3 is 2.88 bits per heavy atom. The summed E-state index contributed by atoms with van der Waals surface area (Å²) < 4.78 is 12.0. The van der Waals surface area contributed by atoms with Crippen LogP contribution in [0, 0.1) is 5.82 Å². The Kier molecular flexibility index (Phi) is 2.82. The monoisotopic (exact) mass is 254 g/mol. The number of nitrogens with zero attached hydrogens (tertiary/aromatic N) is 1. The molecule has 6 heteroatoms. The molecule has 2 N–H and O–H groups in total. The fourth-order valence-electron chi connectivity index (χ4n) is 1.29. The van der Waals surface area contributed by atoms with Crippen LogP contribution < -0.4 is 0 Å². The van der Waals surface area contributed by atoms with E-state index in [2.05, 4.69) is 9.97 Å². The topological polar surface area (TPSA) is 66.0 Å². The Labute approximate surface area is 101 Å². The van der Waals surface area contributed by atoms with Gasteiger partial charge in [-0.1, -0.05) is 11.8 Å². The summed E-state index contributed by atoms with van der Waals surface area (Å²) in [6.07, 6.45) is 0. The number of carboxylic acids is 1. The van der Waals surface area contributed by atoms with Gasteiger partial charge < -0.3 is 10.1 Å². The van der Waals surface area contributed by atoms with Crippen LogP contribution >= 0.6 is 11.8 Å². The number of hydrogen-bond acceptors (Lipinski definition) is 3. The molecule has 17 heavy (non-hydrogen) atoms. The molecule has 0 saturated carbocycles. The van der Waals surface area contributed by atoms with E-state index in [1.165, 1.54) is 12.1 Å². The number of carbonyl (C=O) groups is 1. The third kappa shape index (κ3) is 2.41. The number of benzene rings is 1. The van der Waals surface area contributed by atoms with Gasteiger partial charge in [0.2, 0.25) is 0 Å². The number of fused-ring (bicyclic) bond motifs is 1. The Morgan fingerprint density at radius 1 is 1.53 bits per heavy atom. The van der Waals surface area contributed by atoms with Crippen molar-refractivity contribution in [1.29, 1.82) is 0 Å². The summed E-state index contributed by atoms with van der Waals surface area (Å²) in [7, 11) is 0. The summed E-state index contributed by atoms with van der Waals surface area (Å²) in [5.74, 6) is -1.27. The molecule has 0 saturated heterocycles. The number of aromatic nitrogens is 2. The van der Waals surface area contributed by atoms with Gasteiger partial charge in [0.25, 0.3) is 0 Å². The zero-order valence-corrected chi connectivity index (χ0v) is 10.1. The highest BCUT2D eigenvalue weighted by Crippen LogP contribution is 2.31. The van der Waals surface area contributed by atoms with Crippen LogP contribution in [0.15, 0.2) is 23.4 Å². The average molecular weight is 254 g/mol. The lowest BCUT2D eigenvalue weighted by molar-refractivity contribution is -0.138. The molecule has 0 radical (unpaired) electrons. The second-order valence-corrected chi connectivity index (χ2v) is 5.73. The Morgan fingerprint density at radius 2 is 2.24 bits per heavy atom. The summed E-state index contributed by atoms with van der Waals surface area (Å²) in [6, 6.07) is 4.21. The molecule has 0 aliphatic carbocycles. The number of H-pyrrole nitrogens is 1. The predicted octanol–water partition coefficient (Wildman–Crippen LogP) is 2.66. The maximum atomic E-state index is 13.0. The molecule has 0 unspecified atom stereocenters. The molecule has 0 amide bonds. The zero-order chi connectivity index (χ0) is 12.6. The molecular formula is C11H11FN2O2S. The molecule has 90 valence electrons. The van der Waals surface area contributed by atoms with Crippen LogP contribution in [-0.2, 0) is 4.79 Å². The SMILES string of the molecule is CC(C)(Sc1nc2ccc(F)cc2[nH]1)C(=O)O. The lowest BCUT2D eigenvalue weighted by Gasteiger charge is -2.15. The zero-order valence-electron chi connectivity index (χ0n) is 9.32. The minimum Gasteiger partial charge on any atom is -0.480 e. The highest BCUT2D eigenvalue weighted by molar-refractivity contribution is 8.01. The maximum absolute atomic E-state index is 13.0. The van der Waals surface area contributed by atoms with Gasteiger partial charge in [0.1, 0.15) is 10.6 Å². The number of carboxylic acid groups (broad SMARTS) is 1. The number of rotatable bonds is 3. The molecule has 4 nitrogen and oxygen atoms in total. The first-order valence-corrected chi connectivity index (χ1v) is 5.78. The number of nitrogens with one attached hydrogen (secondary N) is 1. The van der Waals surface area contributed by atoms with E-state index in [0.29, 0.717) is 16.2 Å². The third-order valence-electron chi connectivity index (χ3n) is 2.29. The first-order chi connectivity index (χ1) is 7.88. The summed E-state index contributed by atoms with van der Waals surface area (Å²) >= 11 is 1.10. The predicted molar refractivity (Wildman–Crippen MR) is 63.6 cm³/mol. The Bertz CT molecular complexity index is 580. The standard InChI is InChI=1S/C11H11FN2O2S/c1-11(2,9(15)16)17-10-13-7-4-3-6(12)5-8(7)14-10/h3-5H,1-2H3,(H,13,14)(H,15,16). The van der Waals surface area contributed by atoms with Crippen LogP contribution in [0.4, 0.5) is 4.39 Å². The molecule has 1 heterocycles. The minimum atomic E-state index is -0.980. The Hall–Kier alpha value is -1.56. The third-order valence-corrected chi connectivity index (χ3v) is 3.36. The first-order valence-electron chi connectivity index (χ1n) is 4.96. The van der Waals surface area contributed by atoms with Crippen LogP contribution in [0.1, 0.15) is 13.8 Å². The van der Waals surface area contributed by atoms with Crippen LogP contribution in [0.3, 0.4) is 0 Å². The molecule has 0 bridgehead atoms. The van der Waals surface area contributed by atoms with Crippen molar-refractivity contribution in [3.63, 3.8) is 0 Å². The normalized spacial score (nSPS) is 11.9. The van der Waals surface area contributed by atoms with Gasteiger partial charge in [-0.2, -0.15) is 0 Å². The largest absolute Gasteiger partial charge is 0.480 e. The number of imidazole rings is 1. The van der Waals surface area contributed by atoms with Crippen molar-refractivity contribution >= 4 is 28.8 Å². The lowest BCUT2D eigenvalue weighted by atomic mass is 10.2. The van der Waals surface area contributed by atoms with Crippen molar-refractivity contribution in [2.75, 3.05) is 0 Å². The molecule has 0 aliphatic rings. The molecule has 1 aromatic carbocycles. The van der Waals surface area contributed by atoms with E-state index < -0.39 is 10.7 Å². The molecule has 0 aliphatic heterocycles. The second kappa shape index (κ2) is 4.03. The highest BCUT2D eigenvalue weighted by atomic mass is 32.2. The first kappa shape index (κ1) is 11.9. The number of halogens is 1. The molecule has 0 fully saturated rings. The molecular weight excluding hydrogens is 243 g/mol. The van der Waals surface area contributed by atoms with Crippen molar-refractivity contribution in [3.05, 3.63) is 24.0 Å². The molecule has 2 rings (SSSR count). The van der Waals surface area contributed by atoms with Gasteiger partial charge >= 0.3 is 5.97 Å². The Balaban J connectivity index is 2.34. The van der Waals surface area contributed by atoms with E-state index in [4.69, 9.17) is 5.11 Å². The fraction of sp³-hybridized carbons (Fsp3) is 0.273. The van der Waals surface area contributed by atoms with Gasteiger partial charge in [-0.25, -0.2) is 9.37 Å². The van der Waals surface area contributed by atoms with E-state index in [1.54, 1.807) is 19.9 Å². The van der Waals surface area contributed by atoms with Gasteiger partial charge in [-0.05, 0) is 32.0 Å². The van der Waals surface area contributed by atoms with Gasteiger partial charge in [0.05, 0.1) is 11.0 Å². The molecule has 0 spiro atoms. The van der Waals surface area contributed by atoms with Gasteiger partial charge in [-0.15, -0.1) is 0 Å². The van der Waals surface area contributed by atoms with Gasteiger partial charge in [0.15, 0.2) is 5.16 Å². The minimum absolute atomic E-state index is 0.352. The summed E-state index contributed by atoms with van der Waals surface area (Å²) in [4.78, 5) is 18.1. The number of thioether (sulfide) groups is 1. The summed E-state index contributed by atoms with van der Waals surface area (Å²) in [5, 5.41) is 9.47. The van der Waals surface area contributed by atoms with Crippen molar-refractivity contribution in [1.82, 2.24) is 9.97 Å². The molecule has 1 aromatic heterocycles. The van der Waals surface area contributed by atoms with E-state index in [-0.39, 0.29) is 5.82 Å². The van der Waals surface area contributed by atoms with Crippen LogP contribution in [-0.4, -0.2) is 25.8 Å². The van der Waals surface area contributed by atoms with Crippen molar-refractivity contribution in [2.45, 2.75) is 23.8 Å². The average Bonchev–Trinajstić information content (AvgIpc) is 2.57. The van der Waals surface area contributed by atoms with Crippen molar-refractivity contribution in [2.24, 2.45) is 0 Å². The van der Waals surface area contributed by atoms with Crippen LogP contribution in [0.5, 0.6) is 0 Å². The van der Waals surface area contributed by atoms with Crippen LogP contribution in [0.25, 0.3) is 11.0 Å². The lowest BCUT2D eigenvalue weighted by Crippen LogP contribution is -2.27. The second-order valence-electron chi connectivity index (χ2n) is 4.12. The molecule has 2 aromatic rings. The van der Waals surface area contributed by atoms with Crippen molar-refractivity contribution < 1.29 is 14.3 Å². The van der Waals surface area contributed by atoms with E-state index in [1.807, 2.05) is 0 Å². The van der Waals surface area contributed by atoms with Crippen molar-refractivity contribution in [3.8, 4) is 0 Å². The maximum Gasteiger partial charge on any atom is 0.319 e. The molecule has 0 atom stereocenters. The number of aliphatic carboxylic acids is 1. The van der Waals surface area contributed by atoms with E-state index >= 15 is 0 Å². The van der Waals surface area contributed by atoms with Gasteiger partial charge in [-0.3, -0.25) is 4.79 Å². The fourth-order valence-corrected chi connectivity index (χ4v) is 2.17. The van der Waals surface area contributed by atoms with Gasteiger partial charge in [0, 0.05) is 0 Å². The number of hydrogen-bond donors (Lipinski definition) is 2. The summed E-state index contributed by atoms with van der Waals surface area (Å²) in [6.45, 7) is 3.18. The van der Waals surface area contributed by atoms with E-state index in [0.717, 1.165) is 11.8 Å². The smallest absolute Gasteiger partial charge is 0.319 e. The highest BCUT2D eigenvalue weighted by Gasteiger charge is 2.29. The number of aromatic amines is 1. The summed E-state index contributed by atoms with van der Waals surface area (Å²) in [5.41, 5.74) is 1.18.